The Morgan fingerprint density at radius 3 is 3.20 bits per heavy atom. The van der Waals surface area contributed by atoms with E-state index >= 15 is 0 Å². The molecule has 1 rings (SSSR count). The highest BCUT2D eigenvalue weighted by molar-refractivity contribution is 5.31. The fourth-order valence-corrected chi connectivity index (χ4v) is 0.618. The lowest BCUT2D eigenvalue weighted by Crippen LogP contribution is -2.16. The van der Waals surface area contributed by atoms with Gasteiger partial charge in [-0.2, -0.15) is 5.10 Å². The second-order valence-electron chi connectivity index (χ2n) is 2.04. The number of aliphatic hydroxyl groups excluding tert-OH is 1. The fraction of sp³-hybridized carbons (Fsp3) is 0.500. The molecule has 1 atom stereocenters. The Kier molecular flexibility index (Phi) is 2.28. The van der Waals surface area contributed by atoms with Crippen molar-refractivity contribution in [1.29, 1.82) is 0 Å². The molecule has 4 nitrogen and oxygen atoms in total. The van der Waals surface area contributed by atoms with Gasteiger partial charge in [0.05, 0.1) is 6.20 Å². The van der Waals surface area contributed by atoms with Crippen LogP contribution in [0.25, 0.3) is 0 Å². The summed E-state index contributed by atoms with van der Waals surface area (Å²) >= 11 is 0. The van der Waals surface area contributed by atoms with E-state index in [-0.39, 0.29) is 0 Å². The van der Waals surface area contributed by atoms with Gasteiger partial charge in [-0.3, -0.25) is 5.10 Å². The quantitative estimate of drug-likeness (QED) is 0.539. The Morgan fingerprint density at radius 1 is 1.90 bits per heavy atom. The Labute approximate surface area is 59.3 Å². The van der Waals surface area contributed by atoms with Gasteiger partial charge in [0, 0.05) is 6.07 Å². The Hall–Kier alpha value is -1.03. The molecule has 0 fully saturated rings. The van der Waals surface area contributed by atoms with Crippen molar-refractivity contribution in [3.05, 3.63) is 12.3 Å². The second-order valence-corrected chi connectivity index (χ2v) is 2.04. The molecule has 0 saturated carbocycles. The zero-order valence-electron chi connectivity index (χ0n) is 5.83. The van der Waals surface area contributed by atoms with Crippen LogP contribution in [0.1, 0.15) is 13.3 Å². The molecule has 0 aromatic carbocycles. The summed E-state index contributed by atoms with van der Waals surface area (Å²) in [6.45, 7) is 1.90. The zero-order chi connectivity index (χ0) is 7.40. The number of rotatable bonds is 3. The van der Waals surface area contributed by atoms with Gasteiger partial charge in [-0.25, -0.2) is 0 Å². The van der Waals surface area contributed by atoms with E-state index in [0.29, 0.717) is 6.42 Å². The van der Waals surface area contributed by atoms with Crippen molar-refractivity contribution >= 4 is 5.82 Å². The largest absolute Gasteiger partial charge is 0.374 e. The molecule has 1 aromatic rings. The first kappa shape index (κ1) is 7.08. The minimum Gasteiger partial charge on any atom is -0.374 e. The van der Waals surface area contributed by atoms with Crippen molar-refractivity contribution in [2.75, 3.05) is 5.32 Å². The molecule has 4 heteroatoms. The van der Waals surface area contributed by atoms with Crippen LogP contribution < -0.4 is 5.32 Å². The van der Waals surface area contributed by atoms with Gasteiger partial charge in [0.25, 0.3) is 0 Å². The summed E-state index contributed by atoms with van der Waals surface area (Å²) in [5.41, 5.74) is 0. The molecule has 1 heterocycles. The Balaban J connectivity index is 2.40. The molecule has 0 aliphatic heterocycles. The number of anilines is 1. The molecular formula is C6H11N3O. The monoisotopic (exact) mass is 141 g/mol. The minimum absolute atomic E-state index is 0.486. The SMILES string of the molecule is CCC(O)Nc1ccn[nH]1. The molecule has 0 saturated heterocycles. The lowest BCUT2D eigenvalue weighted by atomic mass is 10.4. The van der Waals surface area contributed by atoms with Crippen molar-refractivity contribution < 1.29 is 5.11 Å². The molecular weight excluding hydrogens is 130 g/mol. The Bertz CT molecular complexity index is 173. The molecule has 0 aliphatic carbocycles. The maximum absolute atomic E-state index is 9.07. The summed E-state index contributed by atoms with van der Waals surface area (Å²) in [5.74, 6) is 0.745. The van der Waals surface area contributed by atoms with Crippen molar-refractivity contribution in [3.8, 4) is 0 Å². The third-order valence-electron chi connectivity index (χ3n) is 1.21. The first-order valence-corrected chi connectivity index (χ1v) is 3.27. The van der Waals surface area contributed by atoms with Crippen LogP contribution in [0.3, 0.4) is 0 Å². The van der Waals surface area contributed by atoms with Crippen LogP contribution in [0.4, 0.5) is 5.82 Å². The molecule has 0 aliphatic rings. The number of nitrogens with one attached hydrogen (secondary N) is 2. The molecule has 0 bridgehead atoms. The average molecular weight is 141 g/mol. The van der Waals surface area contributed by atoms with E-state index in [1.165, 1.54) is 0 Å². The van der Waals surface area contributed by atoms with Crippen molar-refractivity contribution in [2.45, 2.75) is 19.6 Å². The van der Waals surface area contributed by atoms with Gasteiger partial charge in [0.1, 0.15) is 12.0 Å². The molecule has 0 spiro atoms. The van der Waals surface area contributed by atoms with E-state index in [0.717, 1.165) is 5.82 Å². The fourth-order valence-electron chi connectivity index (χ4n) is 0.618. The van der Waals surface area contributed by atoms with Crippen LogP contribution in [-0.2, 0) is 0 Å². The van der Waals surface area contributed by atoms with Crippen LogP contribution in [0.2, 0.25) is 0 Å². The van der Waals surface area contributed by atoms with Gasteiger partial charge in [0.15, 0.2) is 0 Å². The lowest BCUT2D eigenvalue weighted by Gasteiger charge is -2.08. The average Bonchev–Trinajstić information content (AvgIpc) is 2.40. The van der Waals surface area contributed by atoms with Gasteiger partial charge in [-0.1, -0.05) is 6.92 Å². The second kappa shape index (κ2) is 3.22. The molecule has 3 N–H and O–H groups in total. The predicted molar refractivity (Wildman–Crippen MR) is 38.5 cm³/mol. The summed E-state index contributed by atoms with van der Waals surface area (Å²) in [7, 11) is 0. The lowest BCUT2D eigenvalue weighted by molar-refractivity contribution is 0.199. The topological polar surface area (TPSA) is 60.9 Å². The maximum Gasteiger partial charge on any atom is 0.125 e. The van der Waals surface area contributed by atoms with Crippen molar-refractivity contribution in [1.82, 2.24) is 10.2 Å². The molecule has 56 valence electrons. The van der Waals surface area contributed by atoms with Gasteiger partial charge >= 0.3 is 0 Å². The van der Waals surface area contributed by atoms with Crippen molar-refractivity contribution in [2.24, 2.45) is 0 Å². The number of hydrogen-bond acceptors (Lipinski definition) is 3. The smallest absolute Gasteiger partial charge is 0.125 e. The van der Waals surface area contributed by atoms with Gasteiger partial charge < -0.3 is 10.4 Å². The summed E-state index contributed by atoms with van der Waals surface area (Å²) in [5, 5.41) is 18.3. The number of hydrogen-bond donors (Lipinski definition) is 3. The highest BCUT2D eigenvalue weighted by Gasteiger charge is 1.98. The molecule has 1 aromatic heterocycles. The maximum atomic E-state index is 9.07. The first-order chi connectivity index (χ1) is 4.83. The number of H-pyrrole nitrogens is 1. The van der Waals surface area contributed by atoms with Crippen molar-refractivity contribution in [3.63, 3.8) is 0 Å². The third kappa shape index (κ3) is 1.73. The number of aromatic amines is 1. The summed E-state index contributed by atoms with van der Waals surface area (Å²) in [6, 6.07) is 1.76. The molecule has 0 radical (unpaired) electrons. The Morgan fingerprint density at radius 2 is 2.70 bits per heavy atom. The molecule has 0 amide bonds. The van der Waals surface area contributed by atoms with E-state index in [1.54, 1.807) is 12.3 Å². The van der Waals surface area contributed by atoms with E-state index in [1.807, 2.05) is 6.92 Å². The zero-order valence-corrected chi connectivity index (χ0v) is 5.83. The summed E-state index contributed by atoms with van der Waals surface area (Å²) in [6.07, 6.45) is 1.82. The highest BCUT2D eigenvalue weighted by Crippen LogP contribution is 2.01. The van der Waals surface area contributed by atoms with Gasteiger partial charge in [-0.05, 0) is 6.42 Å². The van der Waals surface area contributed by atoms with E-state index < -0.39 is 6.23 Å². The van der Waals surface area contributed by atoms with Crippen LogP contribution in [-0.4, -0.2) is 21.5 Å². The first-order valence-electron chi connectivity index (χ1n) is 3.27. The highest BCUT2D eigenvalue weighted by atomic mass is 16.3. The van der Waals surface area contributed by atoms with E-state index in [2.05, 4.69) is 15.5 Å². The van der Waals surface area contributed by atoms with E-state index in [4.69, 9.17) is 5.11 Å². The third-order valence-corrected chi connectivity index (χ3v) is 1.21. The minimum atomic E-state index is -0.486. The van der Waals surface area contributed by atoms with Gasteiger partial charge in [0.2, 0.25) is 0 Å². The standard InChI is InChI=1S/C6H11N3O/c1-2-6(10)8-5-3-4-7-9-5/h3-4,6,10H,2H2,1H3,(H2,7,8,9). The predicted octanol–water partition coefficient (Wildman–Crippen LogP) is 0.550. The number of aliphatic hydroxyl groups is 1. The van der Waals surface area contributed by atoms with Gasteiger partial charge in [-0.15, -0.1) is 0 Å². The summed E-state index contributed by atoms with van der Waals surface area (Å²) in [4.78, 5) is 0. The van der Waals surface area contributed by atoms with Crippen LogP contribution in [0.15, 0.2) is 12.3 Å². The van der Waals surface area contributed by atoms with Crippen LogP contribution in [0.5, 0.6) is 0 Å². The van der Waals surface area contributed by atoms with Crippen LogP contribution in [0, 0.1) is 0 Å². The normalized spacial score (nSPS) is 13.0. The summed E-state index contributed by atoms with van der Waals surface area (Å²) < 4.78 is 0. The molecule has 10 heavy (non-hydrogen) atoms. The number of nitrogens with zero attached hydrogens (tertiary/aromatic N) is 1. The number of aromatic nitrogens is 2. The molecule has 1 unspecified atom stereocenters. The van der Waals surface area contributed by atoms with E-state index in [9.17, 15) is 0 Å². The van der Waals surface area contributed by atoms with Crippen LogP contribution >= 0.6 is 0 Å².